The van der Waals surface area contributed by atoms with Gasteiger partial charge in [0.15, 0.2) is 0 Å². The number of likely N-dealkylation sites (tertiary alicyclic amines) is 1. The molecule has 3 aromatic rings. The number of hydrogen-bond acceptors (Lipinski definition) is 3. The highest BCUT2D eigenvalue weighted by atomic mass is 16.5. The van der Waals surface area contributed by atoms with Crippen molar-refractivity contribution in [2.24, 2.45) is 5.92 Å². The standard InChI is InChI=1S/C26H28N2O2/c29-25(26(12-16-30-17-13-26)22-7-2-1-3-8-22)28-15-11-20(19-28)18-21-6-4-10-24-23(21)9-5-14-27-24/h1-10,14,20H,11-13,15-19H2. The third-order valence-electron chi connectivity index (χ3n) is 6.90. The molecule has 30 heavy (non-hydrogen) atoms. The van der Waals surface area contributed by atoms with Gasteiger partial charge >= 0.3 is 0 Å². The number of nitrogens with zero attached hydrogens (tertiary/aromatic N) is 2. The van der Waals surface area contributed by atoms with Crippen molar-refractivity contribution in [1.29, 1.82) is 0 Å². The molecule has 2 saturated heterocycles. The molecule has 1 aromatic heterocycles. The maximum absolute atomic E-state index is 13.8. The van der Waals surface area contributed by atoms with Crippen molar-refractivity contribution in [2.75, 3.05) is 26.3 Å². The van der Waals surface area contributed by atoms with Crippen LogP contribution < -0.4 is 0 Å². The van der Waals surface area contributed by atoms with Gasteiger partial charge in [0.05, 0.1) is 10.9 Å². The molecule has 0 saturated carbocycles. The predicted molar refractivity (Wildman–Crippen MR) is 118 cm³/mol. The molecule has 5 rings (SSSR count). The fourth-order valence-corrected chi connectivity index (χ4v) is 5.25. The Balaban J connectivity index is 1.35. The van der Waals surface area contributed by atoms with E-state index in [1.165, 1.54) is 10.9 Å². The van der Waals surface area contributed by atoms with Crippen molar-refractivity contribution in [3.05, 3.63) is 78.0 Å². The van der Waals surface area contributed by atoms with Crippen molar-refractivity contribution >= 4 is 16.8 Å². The molecule has 0 aliphatic carbocycles. The molecule has 1 amide bonds. The molecule has 2 fully saturated rings. The molecule has 4 heteroatoms. The van der Waals surface area contributed by atoms with Crippen LogP contribution in [0.4, 0.5) is 0 Å². The van der Waals surface area contributed by atoms with Crippen LogP contribution in [0.15, 0.2) is 66.9 Å². The molecule has 1 unspecified atom stereocenters. The van der Waals surface area contributed by atoms with Gasteiger partial charge in [-0.3, -0.25) is 9.78 Å². The lowest BCUT2D eigenvalue weighted by atomic mass is 9.73. The molecule has 1 atom stereocenters. The smallest absolute Gasteiger partial charge is 0.233 e. The zero-order valence-electron chi connectivity index (χ0n) is 17.3. The van der Waals surface area contributed by atoms with Crippen molar-refractivity contribution in [3.63, 3.8) is 0 Å². The van der Waals surface area contributed by atoms with Crippen molar-refractivity contribution in [1.82, 2.24) is 9.88 Å². The van der Waals surface area contributed by atoms with Crippen LogP contribution in [0.25, 0.3) is 10.9 Å². The first-order chi connectivity index (χ1) is 14.8. The number of fused-ring (bicyclic) bond motifs is 1. The second kappa shape index (κ2) is 8.19. The number of benzene rings is 2. The Hall–Kier alpha value is -2.72. The highest BCUT2D eigenvalue weighted by molar-refractivity contribution is 5.88. The molecular formula is C26H28N2O2. The predicted octanol–water partition coefficient (Wildman–Crippen LogP) is 4.37. The lowest BCUT2D eigenvalue weighted by Crippen LogP contribution is -2.49. The fraction of sp³-hybridized carbons (Fsp3) is 0.385. The number of ether oxygens (including phenoxy) is 1. The van der Waals surface area contributed by atoms with Gasteiger partial charge in [-0.15, -0.1) is 0 Å². The lowest BCUT2D eigenvalue weighted by Gasteiger charge is -2.39. The first-order valence-electron chi connectivity index (χ1n) is 11.0. The summed E-state index contributed by atoms with van der Waals surface area (Å²) in [6, 6.07) is 20.9. The highest BCUT2D eigenvalue weighted by Gasteiger charge is 2.45. The number of aromatic nitrogens is 1. The van der Waals surface area contributed by atoms with Crippen molar-refractivity contribution < 1.29 is 9.53 Å². The van der Waals surface area contributed by atoms with Crippen molar-refractivity contribution in [2.45, 2.75) is 31.1 Å². The molecule has 4 nitrogen and oxygen atoms in total. The summed E-state index contributed by atoms with van der Waals surface area (Å²) in [6.45, 7) is 2.99. The van der Waals surface area contributed by atoms with Gasteiger partial charge in [0.25, 0.3) is 0 Å². The van der Waals surface area contributed by atoms with Crippen LogP contribution >= 0.6 is 0 Å². The number of amides is 1. The third-order valence-corrected chi connectivity index (χ3v) is 6.90. The number of pyridine rings is 1. The average molecular weight is 401 g/mol. The highest BCUT2D eigenvalue weighted by Crippen LogP contribution is 2.38. The molecule has 0 spiro atoms. The van der Waals surface area contributed by atoms with Gasteiger partial charge in [-0.1, -0.05) is 48.5 Å². The Labute approximate surface area is 177 Å². The van der Waals surface area contributed by atoms with Crippen LogP contribution in [0.3, 0.4) is 0 Å². The van der Waals surface area contributed by atoms with E-state index in [1.807, 2.05) is 30.5 Å². The van der Waals surface area contributed by atoms with Crippen LogP contribution in [-0.2, 0) is 21.4 Å². The van der Waals surface area contributed by atoms with Gasteiger partial charge in [0.2, 0.25) is 5.91 Å². The summed E-state index contributed by atoms with van der Waals surface area (Å²) in [6.07, 6.45) is 5.44. The van der Waals surface area contributed by atoms with E-state index in [0.717, 1.165) is 49.9 Å². The van der Waals surface area contributed by atoms with E-state index in [4.69, 9.17) is 4.74 Å². The normalized spacial score (nSPS) is 21.1. The largest absolute Gasteiger partial charge is 0.381 e. The second-order valence-corrected chi connectivity index (χ2v) is 8.66. The van der Waals surface area contributed by atoms with Crippen LogP contribution in [0.2, 0.25) is 0 Å². The Bertz CT molecular complexity index is 1020. The Morgan fingerprint density at radius 2 is 1.87 bits per heavy atom. The number of carbonyl (C=O) groups is 1. The Morgan fingerprint density at radius 3 is 2.70 bits per heavy atom. The molecule has 0 bridgehead atoms. The van der Waals surface area contributed by atoms with Gasteiger partial charge in [0.1, 0.15) is 0 Å². The monoisotopic (exact) mass is 400 g/mol. The minimum absolute atomic E-state index is 0.291. The van der Waals surface area contributed by atoms with Gasteiger partial charge in [-0.2, -0.15) is 0 Å². The average Bonchev–Trinajstić information content (AvgIpc) is 3.28. The maximum atomic E-state index is 13.8. The Kier molecular flexibility index (Phi) is 5.26. The quantitative estimate of drug-likeness (QED) is 0.653. The summed E-state index contributed by atoms with van der Waals surface area (Å²) in [7, 11) is 0. The first-order valence-corrected chi connectivity index (χ1v) is 11.0. The van der Waals surface area contributed by atoms with Gasteiger partial charge < -0.3 is 9.64 Å². The molecule has 2 aliphatic rings. The molecule has 0 radical (unpaired) electrons. The van der Waals surface area contributed by atoms with Gasteiger partial charge in [0, 0.05) is 37.9 Å². The van der Waals surface area contributed by atoms with Crippen LogP contribution in [0, 0.1) is 5.92 Å². The van der Waals surface area contributed by atoms with E-state index >= 15 is 0 Å². The first kappa shape index (κ1) is 19.3. The molecule has 2 aliphatic heterocycles. The van der Waals surface area contributed by atoms with E-state index in [9.17, 15) is 4.79 Å². The zero-order chi connectivity index (χ0) is 20.4. The molecular weight excluding hydrogens is 372 g/mol. The SMILES string of the molecule is O=C(N1CCC(Cc2cccc3ncccc23)C1)C1(c2ccccc2)CCOCC1. The minimum Gasteiger partial charge on any atom is -0.381 e. The van der Waals surface area contributed by atoms with E-state index in [0.29, 0.717) is 25.0 Å². The lowest BCUT2D eigenvalue weighted by molar-refractivity contribution is -0.140. The minimum atomic E-state index is -0.433. The van der Waals surface area contributed by atoms with E-state index in [-0.39, 0.29) is 0 Å². The number of carbonyl (C=O) groups excluding carboxylic acids is 1. The maximum Gasteiger partial charge on any atom is 0.233 e. The Morgan fingerprint density at radius 1 is 1.03 bits per heavy atom. The molecule has 3 heterocycles. The summed E-state index contributed by atoms with van der Waals surface area (Å²) in [5.74, 6) is 0.784. The van der Waals surface area contributed by atoms with E-state index < -0.39 is 5.41 Å². The van der Waals surface area contributed by atoms with Crippen LogP contribution in [0.5, 0.6) is 0 Å². The molecule has 2 aromatic carbocycles. The van der Waals surface area contributed by atoms with Crippen LogP contribution in [0.1, 0.15) is 30.4 Å². The van der Waals surface area contributed by atoms with Crippen molar-refractivity contribution in [3.8, 4) is 0 Å². The van der Waals surface area contributed by atoms with Crippen LogP contribution in [-0.4, -0.2) is 42.1 Å². The zero-order valence-corrected chi connectivity index (χ0v) is 17.3. The third kappa shape index (κ3) is 3.50. The number of rotatable bonds is 4. The summed E-state index contributed by atoms with van der Waals surface area (Å²) in [5.41, 5.74) is 3.09. The van der Waals surface area contributed by atoms with Gasteiger partial charge in [-0.25, -0.2) is 0 Å². The second-order valence-electron chi connectivity index (χ2n) is 8.66. The summed E-state index contributed by atoms with van der Waals surface area (Å²) >= 11 is 0. The van der Waals surface area contributed by atoms with E-state index in [1.54, 1.807) is 0 Å². The summed E-state index contributed by atoms with van der Waals surface area (Å²) < 4.78 is 5.62. The summed E-state index contributed by atoms with van der Waals surface area (Å²) in [5, 5.41) is 1.23. The number of hydrogen-bond donors (Lipinski definition) is 0. The van der Waals surface area contributed by atoms with Gasteiger partial charge in [-0.05, 0) is 54.9 Å². The van der Waals surface area contributed by atoms with E-state index in [2.05, 4.69) is 46.3 Å². The topological polar surface area (TPSA) is 42.4 Å². The summed E-state index contributed by atoms with van der Waals surface area (Å²) in [4.78, 5) is 20.4. The fourth-order valence-electron chi connectivity index (χ4n) is 5.25. The molecule has 0 N–H and O–H groups in total. The molecule has 154 valence electrons.